The molecule has 112 valence electrons. The number of rotatable bonds is 6. The van der Waals surface area contributed by atoms with Gasteiger partial charge in [-0.25, -0.2) is 4.98 Å². The van der Waals surface area contributed by atoms with E-state index in [2.05, 4.69) is 29.4 Å². The minimum absolute atomic E-state index is 0.197. The van der Waals surface area contributed by atoms with E-state index in [4.69, 9.17) is 16.3 Å². The van der Waals surface area contributed by atoms with Gasteiger partial charge in [0.15, 0.2) is 0 Å². The topological polar surface area (TPSA) is 34.2 Å². The fraction of sp³-hybridized carbons (Fsp3) is 0.312. The summed E-state index contributed by atoms with van der Waals surface area (Å²) in [5.41, 5.74) is 2.39. The summed E-state index contributed by atoms with van der Waals surface area (Å²) < 4.78 is 5.47. The molecular weight excluding hydrogens is 304 g/mol. The van der Waals surface area contributed by atoms with E-state index in [9.17, 15) is 0 Å². The Morgan fingerprint density at radius 2 is 2.14 bits per heavy atom. The Morgan fingerprint density at radius 3 is 2.76 bits per heavy atom. The zero-order valence-corrected chi connectivity index (χ0v) is 14.0. The number of nitrogens with zero attached hydrogens (tertiary/aromatic N) is 1. The van der Waals surface area contributed by atoms with Crippen molar-refractivity contribution in [3.05, 3.63) is 52.7 Å². The summed E-state index contributed by atoms with van der Waals surface area (Å²) in [5, 5.41) is 4.97. The maximum absolute atomic E-state index is 5.85. The van der Waals surface area contributed by atoms with Crippen molar-refractivity contribution < 1.29 is 4.74 Å². The Morgan fingerprint density at radius 1 is 1.33 bits per heavy atom. The lowest BCUT2D eigenvalue weighted by Gasteiger charge is -2.19. The molecule has 0 saturated carbocycles. The number of halogens is 1. The summed E-state index contributed by atoms with van der Waals surface area (Å²) in [4.78, 5) is 4.31. The number of ether oxygens (including phenoxy) is 1. The maximum atomic E-state index is 5.85. The van der Waals surface area contributed by atoms with Crippen LogP contribution in [0.3, 0.4) is 0 Å². The van der Waals surface area contributed by atoms with Gasteiger partial charge in [-0.15, -0.1) is 11.8 Å². The first-order valence-corrected chi connectivity index (χ1v) is 8.06. The SMILES string of the molecule is CNC(CSc1ccc(Cl)cn1)c1cc(C)ccc1OC. The molecule has 2 rings (SSSR count). The van der Waals surface area contributed by atoms with Crippen molar-refractivity contribution in [3.8, 4) is 5.75 Å². The third kappa shape index (κ3) is 4.37. The molecular formula is C16H19ClN2OS. The number of benzene rings is 1. The molecule has 5 heteroatoms. The summed E-state index contributed by atoms with van der Waals surface area (Å²) >= 11 is 7.55. The van der Waals surface area contributed by atoms with Crippen LogP contribution >= 0.6 is 23.4 Å². The van der Waals surface area contributed by atoms with Crippen LogP contribution in [-0.4, -0.2) is 24.9 Å². The number of pyridine rings is 1. The molecule has 1 N–H and O–H groups in total. The lowest BCUT2D eigenvalue weighted by Crippen LogP contribution is -2.19. The largest absolute Gasteiger partial charge is 0.496 e. The second kappa shape index (κ2) is 7.69. The molecule has 3 nitrogen and oxygen atoms in total. The number of hydrogen-bond acceptors (Lipinski definition) is 4. The van der Waals surface area contributed by atoms with Crippen LogP contribution in [0.25, 0.3) is 0 Å². The van der Waals surface area contributed by atoms with Crippen molar-refractivity contribution in [3.63, 3.8) is 0 Å². The Hall–Kier alpha value is -1.23. The molecule has 0 radical (unpaired) electrons. The van der Waals surface area contributed by atoms with Crippen molar-refractivity contribution in [2.24, 2.45) is 0 Å². The van der Waals surface area contributed by atoms with Gasteiger partial charge in [0, 0.05) is 23.6 Å². The van der Waals surface area contributed by atoms with Gasteiger partial charge in [0.25, 0.3) is 0 Å². The van der Waals surface area contributed by atoms with Crippen LogP contribution in [0.4, 0.5) is 0 Å². The number of nitrogens with one attached hydrogen (secondary N) is 1. The summed E-state index contributed by atoms with van der Waals surface area (Å²) in [7, 11) is 3.66. The first kappa shape index (κ1) is 16.1. The highest BCUT2D eigenvalue weighted by Gasteiger charge is 2.15. The van der Waals surface area contributed by atoms with E-state index >= 15 is 0 Å². The van der Waals surface area contributed by atoms with Gasteiger partial charge < -0.3 is 10.1 Å². The Balaban J connectivity index is 2.12. The lowest BCUT2D eigenvalue weighted by molar-refractivity contribution is 0.404. The molecule has 0 amide bonds. The van der Waals surface area contributed by atoms with Crippen molar-refractivity contribution in [1.29, 1.82) is 0 Å². The van der Waals surface area contributed by atoms with Crippen LogP contribution in [0.5, 0.6) is 5.75 Å². The van der Waals surface area contributed by atoms with Crippen LogP contribution in [0, 0.1) is 6.92 Å². The summed E-state index contributed by atoms with van der Waals surface area (Å²) in [6.45, 7) is 2.09. The quantitative estimate of drug-likeness (QED) is 0.812. The molecule has 0 aliphatic rings. The van der Waals surface area contributed by atoms with E-state index in [1.807, 2.05) is 25.2 Å². The van der Waals surface area contributed by atoms with Gasteiger partial charge in [-0.05, 0) is 32.2 Å². The first-order valence-electron chi connectivity index (χ1n) is 6.70. The molecule has 1 atom stereocenters. The molecule has 0 fully saturated rings. The smallest absolute Gasteiger partial charge is 0.123 e. The number of methoxy groups -OCH3 is 1. The van der Waals surface area contributed by atoms with Crippen LogP contribution in [0.15, 0.2) is 41.6 Å². The maximum Gasteiger partial charge on any atom is 0.123 e. The summed E-state index contributed by atoms with van der Waals surface area (Å²) in [5.74, 6) is 1.77. The molecule has 0 aliphatic heterocycles. The molecule has 0 spiro atoms. The van der Waals surface area contributed by atoms with Crippen LogP contribution in [0.1, 0.15) is 17.2 Å². The van der Waals surface area contributed by atoms with Crippen molar-refractivity contribution in [2.45, 2.75) is 18.0 Å². The molecule has 1 heterocycles. The van der Waals surface area contributed by atoms with Gasteiger partial charge >= 0.3 is 0 Å². The standard InChI is InChI=1S/C16H19ClN2OS/c1-11-4-6-15(20-3)13(8-11)14(18-2)10-21-16-7-5-12(17)9-19-16/h4-9,14,18H,10H2,1-3H3. The molecule has 0 saturated heterocycles. The highest BCUT2D eigenvalue weighted by atomic mass is 35.5. The summed E-state index contributed by atoms with van der Waals surface area (Å²) in [6, 6.07) is 10.2. The molecule has 1 aromatic carbocycles. The van der Waals surface area contributed by atoms with E-state index in [1.54, 1.807) is 25.1 Å². The second-order valence-electron chi connectivity index (χ2n) is 4.71. The molecule has 1 unspecified atom stereocenters. The van der Waals surface area contributed by atoms with Gasteiger partial charge in [-0.2, -0.15) is 0 Å². The Labute approximate surface area is 135 Å². The zero-order chi connectivity index (χ0) is 15.2. The fourth-order valence-corrected chi connectivity index (χ4v) is 3.16. The first-order chi connectivity index (χ1) is 10.1. The molecule has 21 heavy (non-hydrogen) atoms. The Bertz CT molecular complexity index is 589. The third-order valence-corrected chi connectivity index (χ3v) is 4.47. The minimum Gasteiger partial charge on any atom is -0.496 e. The van der Waals surface area contributed by atoms with Crippen molar-refractivity contribution in [2.75, 3.05) is 19.9 Å². The Kier molecular flexibility index (Phi) is 5.91. The number of thioether (sulfide) groups is 1. The van der Waals surface area contributed by atoms with E-state index < -0.39 is 0 Å². The lowest BCUT2D eigenvalue weighted by atomic mass is 10.0. The van der Waals surface area contributed by atoms with Gasteiger partial charge in [-0.1, -0.05) is 29.3 Å². The van der Waals surface area contributed by atoms with Gasteiger partial charge in [-0.3, -0.25) is 0 Å². The van der Waals surface area contributed by atoms with Crippen LogP contribution in [-0.2, 0) is 0 Å². The third-order valence-electron chi connectivity index (χ3n) is 3.21. The van der Waals surface area contributed by atoms with Crippen molar-refractivity contribution in [1.82, 2.24) is 10.3 Å². The van der Waals surface area contributed by atoms with E-state index in [-0.39, 0.29) is 6.04 Å². The van der Waals surface area contributed by atoms with E-state index in [0.717, 1.165) is 16.5 Å². The van der Waals surface area contributed by atoms with Crippen LogP contribution < -0.4 is 10.1 Å². The van der Waals surface area contributed by atoms with E-state index in [0.29, 0.717) is 5.02 Å². The number of hydrogen-bond donors (Lipinski definition) is 1. The summed E-state index contributed by atoms with van der Waals surface area (Å²) in [6.07, 6.45) is 1.67. The fourth-order valence-electron chi connectivity index (χ4n) is 2.07. The molecule has 0 bridgehead atoms. The monoisotopic (exact) mass is 322 g/mol. The molecule has 2 aromatic rings. The zero-order valence-electron chi connectivity index (χ0n) is 12.4. The average molecular weight is 323 g/mol. The number of aryl methyl sites for hydroxylation is 1. The second-order valence-corrected chi connectivity index (χ2v) is 6.19. The van der Waals surface area contributed by atoms with Gasteiger partial charge in [0.1, 0.15) is 5.75 Å². The average Bonchev–Trinajstić information content (AvgIpc) is 2.50. The predicted octanol–water partition coefficient (Wildman–Crippen LogP) is 4.10. The van der Waals surface area contributed by atoms with Crippen LogP contribution in [0.2, 0.25) is 5.02 Å². The van der Waals surface area contributed by atoms with Gasteiger partial charge in [0.05, 0.1) is 17.2 Å². The molecule has 0 aliphatic carbocycles. The van der Waals surface area contributed by atoms with Gasteiger partial charge in [0.2, 0.25) is 0 Å². The molecule has 1 aromatic heterocycles. The normalized spacial score (nSPS) is 12.2. The number of aromatic nitrogens is 1. The van der Waals surface area contributed by atoms with Crippen molar-refractivity contribution >= 4 is 23.4 Å². The highest BCUT2D eigenvalue weighted by Crippen LogP contribution is 2.30. The highest BCUT2D eigenvalue weighted by molar-refractivity contribution is 7.99. The van der Waals surface area contributed by atoms with E-state index in [1.165, 1.54) is 11.1 Å². The minimum atomic E-state index is 0.197. The predicted molar refractivity (Wildman–Crippen MR) is 89.5 cm³/mol.